The Hall–Kier alpha value is -1.64. The zero-order valence-electron chi connectivity index (χ0n) is 20.7. The number of hydrogen-bond acceptors (Lipinski definition) is 5. The highest BCUT2D eigenvalue weighted by atomic mass is 79.9. The fraction of sp³-hybridized carbons (Fsp3) is 0.464. The number of nitrogen functional groups attached to an aromatic ring is 1. The molecule has 0 aromatic heterocycles. The zero-order chi connectivity index (χ0) is 25.7. The second-order valence-electron chi connectivity index (χ2n) is 9.18. The molecule has 1 saturated carbocycles. The number of carbonyl (C=O) groups is 1. The SMILES string of the molecule is C.C=C1CC1.CC(=O)N1CCC(=C2c3cc(N)c(O)c(Br)c3CCC3=CC(Br)=CNC32)CC1.CSC. The van der Waals surface area contributed by atoms with Gasteiger partial charge in [-0.15, -0.1) is 0 Å². The average molecular weight is 642 g/mol. The maximum atomic E-state index is 11.8. The maximum absolute atomic E-state index is 11.8. The fourth-order valence-electron chi connectivity index (χ4n) is 4.51. The minimum absolute atomic E-state index is 0. The monoisotopic (exact) mass is 639 g/mol. The molecule has 1 aromatic rings. The van der Waals surface area contributed by atoms with Crippen LogP contribution in [-0.4, -0.2) is 47.6 Å². The van der Waals surface area contributed by atoms with E-state index in [1.165, 1.54) is 35.1 Å². The number of nitrogens with two attached hydrogens (primary N) is 1. The molecule has 5 rings (SSSR count). The van der Waals surface area contributed by atoms with Crippen LogP contribution in [0.3, 0.4) is 0 Å². The topological polar surface area (TPSA) is 78.6 Å². The summed E-state index contributed by atoms with van der Waals surface area (Å²) >= 11 is 8.91. The second-order valence-corrected chi connectivity index (χ2v) is 11.7. The number of piperidine rings is 1. The number of benzene rings is 1. The van der Waals surface area contributed by atoms with E-state index in [2.05, 4.69) is 49.8 Å². The normalized spacial score (nSPS) is 19.9. The van der Waals surface area contributed by atoms with E-state index in [1.807, 2.05) is 29.7 Å². The standard InChI is InChI=1S/C21H23Br2N3O2.C4H6.C2H6S.CH4/c1-11(27)26-6-4-12(5-7-26)18-16-9-17(24)21(28)19(23)15(16)3-2-13-8-14(22)10-25-20(13)18;1-4-2-3-4;1-3-2;/h8-10,20,25,28H,2-7,24H2,1H3;1-3H2;1-2H3;1H4. The van der Waals surface area contributed by atoms with Crippen LogP contribution in [0.25, 0.3) is 5.57 Å². The molecule has 1 atom stereocenters. The predicted molar refractivity (Wildman–Crippen MR) is 164 cm³/mol. The largest absolute Gasteiger partial charge is 0.505 e. The van der Waals surface area contributed by atoms with Gasteiger partial charge in [0, 0.05) is 30.7 Å². The summed E-state index contributed by atoms with van der Waals surface area (Å²) in [5.41, 5.74) is 14.0. The van der Waals surface area contributed by atoms with Gasteiger partial charge in [-0.05, 0) is 117 Å². The molecule has 1 unspecified atom stereocenters. The van der Waals surface area contributed by atoms with E-state index in [0.717, 1.165) is 54.4 Å². The Morgan fingerprint density at radius 2 is 1.75 bits per heavy atom. The lowest BCUT2D eigenvalue weighted by atomic mass is 9.84. The van der Waals surface area contributed by atoms with Gasteiger partial charge in [0.25, 0.3) is 0 Å². The molecule has 2 aliphatic carbocycles. The Balaban J connectivity index is 0.000000501. The number of rotatable bonds is 0. The first-order valence-corrected chi connectivity index (χ1v) is 15.1. The zero-order valence-corrected chi connectivity index (χ0v) is 24.7. The van der Waals surface area contributed by atoms with Crippen LogP contribution in [0.15, 0.2) is 50.6 Å². The second kappa shape index (κ2) is 13.8. The summed E-state index contributed by atoms with van der Waals surface area (Å²) in [5, 5.41) is 13.9. The average Bonchev–Trinajstić information content (AvgIpc) is 3.63. The van der Waals surface area contributed by atoms with E-state index < -0.39 is 0 Å². The molecule has 2 fully saturated rings. The van der Waals surface area contributed by atoms with E-state index in [-0.39, 0.29) is 25.1 Å². The van der Waals surface area contributed by atoms with Crippen LogP contribution in [0.1, 0.15) is 57.6 Å². The van der Waals surface area contributed by atoms with Crippen LogP contribution in [0.5, 0.6) is 5.75 Å². The maximum Gasteiger partial charge on any atom is 0.219 e. The number of halogens is 2. The number of fused-ring (bicyclic) bond motifs is 2. The number of allylic oxidation sites excluding steroid dienone is 3. The van der Waals surface area contributed by atoms with Crippen LogP contribution < -0.4 is 11.1 Å². The van der Waals surface area contributed by atoms with Crippen molar-refractivity contribution in [3.05, 3.63) is 61.7 Å². The smallest absolute Gasteiger partial charge is 0.219 e. The van der Waals surface area contributed by atoms with Gasteiger partial charge in [-0.2, -0.15) is 11.8 Å². The van der Waals surface area contributed by atoms with E-state index >= 15 is 0 Å². The van der Waals surface area contributed by atoms with Crippen LogP contribution >= 0.6 is 43.6 Å². The van der Waals surface area contributed by atoms with Crippen molar-refractivity contribution in [3.8, 4) is 5.75 Å². The summed E-state index contributed by atoms with van der Waals surface area (Å²) in [4.78, 5) is 13.7. The predicted octanol–water partition coefficient (Wildman–Crippen LogP) is 7.17. The Bertz CT molecular complexity index is 1080. The number of carbonyl (C=O) groups excluding carboxylic acids is 1. The minimum atomic E-state index is 0. The molecule has 0 bridgehead atoms. The molecule has 4 aliphatic rings. The van der Waals surface area contributed by atoms with E-state index in [4.69, 9.17) is 5.73 Å². The van der Waals surface area contributed by atoms with Crippen molar-refractivity contribution < 1.29 is 9.90 Å². The Morgan fingerprint density at radius 1 is 1.17 bits per heavy atom. The first kappa shape index (κ1) is 30.6. The van der Waals surface area contributed by atoms with Crippen LogP contribution in [-0.2, 0) is 11.2 Å². The summed E-state index contributed by atoms with van der Waals surface area (Å²) in [6, 6.07) is 1.99. The van der Waals surface area contributed by atoms with Crippen LogP contribution in [0, 0.1) is 0 Å². The number of likely N-dealkylation sites (tertiary alicyclic amines) is 1. The molecule has 0 spiro atoms. The van der Waals surface area contributed by atoms with Crippen molar-refractivity contribution in [1.29, 1.82) is 0 Å². The molecule has 1 amide bonds. The molecule has 8 heteroatoms. The summed E-state index contributed by atoms with van der Waals surface area (Å²) in [7, 11) is 0. The highest BCUT2D eigenvalue weighted by Gasteiger charge is 2.32. The van der Waals surface area contributed by atoms with Gasteiger partial charge in [0.15, 0.2) is 5.75 Å². The molecule has 1 aromatic carbocycles. The molecule has 1 saturated heterocycles. The lowest BCUT2D eigenvalue weighted by Gasteiger charge is -2.33. The van der Waals surface area contributed by atoms with Crippen molar-refractivity contribution in [1.82, 2.24) is 10.2 Å². The highest BCUT2D eigenvalue weighted by molar-refractivity contribution is 9.12. The minimum Gasteiger partial charge on any atom is -0.505 e. The van der Waals surface area contributed by atoms with E-state index in [9.17, 15) is 9.90 Å². The Kier molecular flexibility index (Phi) is 11.7. The van der Waals surface area contributed by atoms with Gasteiger partial charge >= 0.3 is 0 Å². The Labute approximate surface area is 237 Å². The molecular formula is C28H39Br2N3O2S. The number of anilines is 1. The van der Waals surface area contributed by atoms with Gasteiger partial charge in [-0.25, -0.2) is 0 Å². The summed E-state index contributed by atoms with van der Waals surface area (Å²) < 4.78 is 1.72. The van der Waals surface area contributed by atoms with Crippen molar-refractivity contribution in [2.24, 2.45) is 0 Å². The summed E-state index contributed by atoms with van der Waals surface area (Å²) in [5.74, 6) is 0.242. The molecule has 4 N–H and O–H groups in total. The van der Waals surface area contributed by atoms with Crippen LogP contribution in [0.2, 0.25) is 0 Å². The molecule has 2 aliphatic heterocycles. The van der Waals surface area contributed by atoms with Crippen LogP contribution in [0.4, 0.5) is 5.69 Å². The fourth-order valence-corrected chi connectivity index (χ4v) is 5.58. The molecule has 198 valence electrons. The van der Waals surface area contributed by atoms with Gasteiger partial charge in [-0.1, -0.05) is 25.2 Å². The number of dihydropyridines is 1. The van der Waals surface area contributed by atoms with Crippen molar-refractivity contribution in [3.63, 3.8) is 0 Å². The molecule has 36 heavy (non-hydrogen) atoms. The number of hydrogen-bond donors (Lipinski definition) is 3. The van der Waals surface area contributed by atoms with Crippen molar-refractivity contribution >= 4 is 60.8 Å². The number of thioether (sulfide) groups is 1. The van der Waals surface area contributed by atoms with Gasteiger partial charge < -0.3 is 21.1 Å². The van der Waals surface area contributed by atoms with Gasteiger partial charge in [0.2, 0.25) is 5.91 Å². The number of phenols is 1. The third-order valence-corrected chi connectivity index (χ3v) is 7.80. The molecular weight excluding hydrogens is 602 g/mol. The molecule has 5 nitrogen and oxygen atoms in total. The van der Waals surface area contributed by atoms with E-state index in [0.29, 0.717) is 10.2 Å². The lowest BCUT2D eigenvalue weighted by molar-refractivity contribution is -0.129. The summed E-state index contributed by atoms with van der Waals surface area (Å²) in [6.45, 7) is 6.78. The van der Waals surface area contributed by atoms with Crippen molar-refractivity contribution in [2.45, 2.75) is 58.9 Å². The van der Waals surface area contributed by atoms with Gasteiger partial charge in [0.1, 0.15) is 0 Å². The van der Waals surface area contributed by atoms with Gasteiger partial charge in [-0.3, -0.25) is 4.79 Å². The highest BCUT2D eigenvalue weighted by Crippen LogP contribution is 2.46. The first-order chi connectivity index (χ1) is 16.7. The van der Waals surface area contributed by atoms with E-state index in [1.54, 1.807) is 18.7 Å². The third kappa shape index (κ3) is 7.45. The lowest BCUT2D eigenvalue weighted by Crippen LogP contribution is -2.36. The quantitative estimate of drug-likeness (QED) is 0.159. The third-order valence-electron chi connectivity index (χ3n) is 6.49. The Morgan fingerprint density at radius 3 is 2.28 bits per heavy atom. The molecule has 2 heterocycles. The number of nitrogens with one attached hydrogen (secondary N) is 1. The first-order valence-electron chi connectivity index (χ1n) is 11.8. The molecule has 0 radical (unpaired) electrons. The summed E-state index contributed by atoms with van der Waals surface area (Å²) in [6.07, 6.45) is 14.3. The van der Waals surface area contributed by atoms with Crippen molar-refractivity contribution in [2.75, 3.05) is 31.3 Å². The number of nitrogens with zero attached hydrogens (tertiary/aromatic N) is 1. The number of aromatic hydroxyl groups is 1. The number of amides is 1. The number of phenolic OH excluding ortho intramolecular Hbond substituents is 1. The van der Waals surface area contributed by atoms with Gasteiger partial charge in [0.05, 0.1) is 16.2 Å².